The van der Waals surface area contributed by atoms with Crippen LogP contribution < -0.4 is 15.6 Å². The highest BCUT2D eigenvalue weighted by Gasteiger charge is 2.17. The SMILES string of the molecule is N#Cc1c(-c2cccc(NS(=O)(=O)c3cccc(F)c3)c2)nc(Nc2ccc(Cl)cc2)[nH]c1=O. The first kappa shape index (κ1) is 23.0. The van der Waals surface area contributed by atoms with Crippen molar-refractivity contribution in [1.82, 2.24) is 9.97 Å². The summed E-state index contributed by atoms with van der Waals surface area (Å²) in [5.74, 6) is -0.615. The number of aromatic amines is 1. The van der Waals surface area contributed by atoms with Crippen LogP contribution >= 0.6 is 11.6 Å². The Morgan fingerprint density at radius 3 is 2.44 bits per heavy atom. The minimum Gasteiger partial charge on any atom is -0.326 e. The molecule has 0 saturated carbocycles. The second-order valence-electron chi connectivity index (χ2n) is 7.03. The standard InChI is InChI=1S/C23H15ClFN5O3S/c24-15-7-9-17(10-8-15)27-23-28-21(20(13-26)22(31)29-23)14-3-1-5-18(11-14)30-34(32,33)19-6-2-4-16(25)12-19/h1-12,30H,(H2,27,28,29,31). The van der Waals surface area contributed by atoms with Crippen molar-refractivity contribution >= 4 is 38.9 Å². The Morgan fingerprint density at radius 2 is 1.74 bits per heavy atom. The molecule has 0 atom stereocenters. The minimum atomic E-state index is -4.08. The van der Waals surface area contributed by atoms with Gasteiger partial charge in [0, 0.05) is 22.0 Å². The van der Waals surface area contributed by atoms with E-state index in [1.54, 1.807) is 30.3 Å². The number of sulfonamides is 1. The topological polar surface area (TPSA) is 128 Å². The van der Waals surface area contributed by atoms with Gasteiger partial charge in [0.2, 0.25) is 5.95 Å². The number of nitrogens with zero attached hydrogens (tertiary/aromatic N) is 2. The third-order valence-corrected chi connectivity index (χ3v) is 6.26. The number of H-pyrrole nitrogens is 1. The fraction of sp³-hybridized carbons (Fsp3) is 0. The van der Waals surface area contributed by atoms with Gasteiger partial charge >= 0.3 is 0 Å². The maximum atomic E-state index is 13.5. The number of rotatable bonds is 6. The number of anilines is 3. The molecule has 8 nitrogen and oxygen atoms in total. The van der Waals surface area contributed by atoms with Crippen LogP contribution in [0.2, 0.25) is 5.02 Å². The zero-order chi connectivity index (χ0) is 24.3. The van der Waals surface area contributed by atoms with Crippen LogP contribution in [0.3, 0.4) is 0 Å². The molecule has 4 rings (SSSR count). The van der Waals surface area contributed by atoms with Gasteiger partial charge in [0.25, 0.3) is 15.6 Å². The molecule has 0 fully saturated rings. The largest absolute Gasteiger partial charge is 0.326 e. The maximum absolute atomic E-state index is 13.5. The van der Waals surface area contributed by atoms with Crippen molar-refractivity contribution < 1.29 is 12.8 Å². The van der Waals surface area contributed by atoms with Gasteiger partial charge in [-0.3, -0.25) is 14.5 Å². The zero-order valence-corrected chi connectivity index (χ0v) is 18.8. The van der Waals surface area contributed by atoms with E-state index in [1.165, 1.54) is 30.3 Å². The van der Waals surface area contributed by atoms with E-state index in [1.807, 2.05) is 6.07 Å². The first-order valence-corrected chi connectivity index (χ1v) is 11.6. The van der Waals surface area contributed by atoms with Crippen LogP contribution in [0, 0.1) is 17.1 Å². The van der Waals surface area contributed by atoms with Crippen molar-refractivity contribution in [2.45, 2.75) is 4.90 Å². The lowest BCUT2D eigenvalue weighted by Crippen LogP contribution is -2.16. The second-order valence-corrected chi connectivity index (χ2v) is 9.14. The van der Waals surface area contributed by atoms with Crippen molar-refractivity contribution in [1.29, 1.82) is 5.26 Å². The fourth-order valence-corrected chi connectivity index (χ4v) is 4.30. The minimum absolute atomic E-state index is 0.0505. The van der Waals surface area contributed by atoms with Crippen LogP contribution in [0.5, 0.6) is 0 Å². The summed E-state index contributed by atoms with van der Waals surface area (Å²) in [4.78, 5) is 19.1. The Labute approximate surface area is 198 Å². The smallest absolute Gasteiger partial charge is 0.270 e. The number of benzene rings is 3. The summed E-state index contributed by atoms with van der Waals surface area (Å²) in [6.45, 7) is 0. The molecule has 0 aliphatic rings. The molecule has 0 radical (unpaired) electrons. The Balaban J connectivity index is 1.71. The van der Waals surface area contributed by atoms with Crippen molar-refractivity contribution in [3.05, 3.63) is 99.6 Å². The van der Waals surface area contributed by atoms with Crippen LogP contribution in [-0.4, -0.2) is 18.4 Å². The molecule has 3 aromatic carbocycles. The van der Waals surface area contributed by atoms with E-state index in [9.17, 15) is 22.9 Å². The molecule has 0 unspecified atom stereocenters. The van der Waals surface area contributed by atoms with Crippen molar-refractivity contribution in [3.63, 3.8) is 0 Å². The number of hydrogen-bond acceptors (Lipinski definition) is 6. The molecule has 0 aliphatic carbocycles. The van der Waals surface area contributed by atoms with E-state index < -0.39 is 21.4 Å². The summed E-state index contributed by atoms with van der Waals surface area (Å²) in [5, 5.41) is 13.0. The molecular weight excluding hydrogens is 481 g/mol. The van der Waals surface area contributed by atoms with E-state index in [4.69, 9.17) is 11.6 Å². The molecule has 0 bridgehead atoms. The molecule has 1 heterocycles. The monoisotopic (exact) mass is 495 g/mol. The number of nitrogens with one attached hydrogen (secondary N) is 3. The van der Waals surface area contributed by atoms with Crippen LogP contribution in [0.1, 0.15) is 5.56 Å². The molecular formula is C23H15ClFN5O3S. The third-order valence-electron chi connectivity index (χ3n) is 4.63. The fourth-order valence-electron chi connectivity index (χ4n) is 3.09. The van der Waals surface area contributed by atoms with E-state index in [0.717, 1.165) is 12.1 Å². The Morgan fingerprint density at radius 1 is 1.00 bits per heavy atom. The average Bonchev–Trinajstić information content (AvgIpc) is 2.80. The molecule has 0 spiro atoms. The van der Waals surface area contributed by atoms with Crippen LogP contribution in [0.25, 0.3) is 11.3 Å². The van der Waals surface area contributed by atoms with Gasteiger partial charge in [-0.2, -0.15) is 5.26 Å². The molecule has 0 amide bonds. The second kappa shape index (κ2) is 9.35. The summed E-state index contributed by atoms with van der Waals surface area (Å²) in [7, 11) is -4.08. The summed E-state index contributed by atoms with van der Waals surface area (Å²) in [6.07, 6.45) is 0. The van der Waals surface area contributed by atoms with Gasteiger partial charge in [-0.15, -0.1) is 0 Å². The van der Waals surface area contributed by atoms with Crippen molar-refractivity contribution in [3.8, 4) is 17.3 Å². The number of nitriles is 1. The highest BCUT2D eigenvalue weighted by molar-refractivity contribution is 7.92. The lowest BCUT2D eigenvalue weighted by atomic mass is 10.1. The Kier molecular flexibility index (Phi) is 6.32. The average molecular weight is 496 g/mol. The predicted octanol–water partition coefficient (Wildman–Crippen LogP) is 4.65. The summed E-state index contributed by atoms with van der Waals surface area (Å²) in [5.41, 5.74) is 0.192. The lowest BCUT2D eigenvalue weighted by Gasteiger charge is -2.11. The van der Waals surface area contributed by atoms with Crippen molar-refractivity contribution in [2.24, 2.45) is 0 Å². The first-order chi connectivity index (χ1) is 16.2. The third kappa shape index (κ3) is 5.06. The van der Waals surface area contributed by atoms with Gasteiger partial charge in [0.15, 0.2) is 0 Å². The maximum Gasteiger partial charge on any atom is 0.270 e. The molecule has 0 aliphatic heterocycles. The number of aromatic nitrogens is 2. The molecule has 11 heteroatoms. The highest BCUT2D eigenvalue weighted by atomic mass is 35.5. The van der Waals surface area contributed by atoms with Gasteiger partial charge < -0.3 is 5.32 Å². The van der Waals surface area contributed by atoms with E-state index >= 15 is 0 Å². The molecule has 0 saturated heterocycles. The van der Waals surface area contributed by atoms with E-state index in [2.05, 4.69) is 20.0 Å². The number of hydrogen-bond donors (Lipinski definition) is 3. The van der Waals surface area contributed by atoms with Crippen LogP contribution in [0.4, 0.5) is 21.7 Å². The van der Waals surface area contributed by atoms with Gasteiger partial charge in [-0.05, 0) is 54.6 Å². The molecule has 34 heavy (non-hydrogen) atoms. The van der Waals surface area contributed by atoms with Gasteiger partial charge in [-0.1, -0.05) is 29.8 Å². The predicted molar refractivity (Wildman–Crippen MR) is 127 cm³/mol. The van der Waals surface area contributed by atoms with Gasteiger partial charge in [0.05, 0.1) is 10.6 Å². The molecule has 3 N–H and O–H groups in total. The van der Waals surface area contributed by atoms with Crippen LogP contribution in [0.15, 0.2) is 82.5 Å². The van der Waals surface area contributed by atoms with E-state index in [0.29, 0.717) is 16.3 Å². The quantitative estimate of drug-likeness (QED) is 0.357. The molecule has 1 aromatic heterocycles. The number of halogens is 2. The Bertz CT molecular complexity index is 1580. The van der Waals surface area contributed by atoms with E-state index in [-0.39, 0.29) is 27.8 Å². The zero-order valence-electron chi connectivity index (χ0n) is 17.2. The molecule has 170 valence electrons. The van der Waals surface area contributed by atoms with Gasteiger partial charge in [-0.25, -0.2) is 17.8 Å². The van der Waals surface area contributed by atoms with Gasteiger partial charge in [0.1, 0.15) is 17.4 Å². The normalized spacial score (nSPS) is 11.0. The van der Waals surface area contributed by atoms with Crippen LogP contribution in [-0.2, 0) is 10.0 Å². The first-order valence-electron chi connectivity index (χ1n) is 9.71. The van der Waals surface area contributed by atoms with Crippen molar-refractivity contribution in [2.75, 3.05) is 10.0 Å². The Hall–Kier alpha value is -4.20. The summed E-state index contributed by atoms with van der Waals surface area (Å²) < 4.78 is 41.1. The highest BCUT2D eigenvalue weighted by Crippen LogP contribution is 2.26. The summed E-state index contributed by atoms with van der Waals surface area (Å²) >= 11 is 5.89. The molecule has 4 aromatic rings. The summed E-state index contributed by atoms with van der Waals surface area (Å²) in [6, 6.07) is 19.1. The lowest BCUT2D eigenvalue weighted by molar-refractivity contribution is 0.595.